The van der Waals surface area contributed by atoms with Crippen molar-refractivity contribution < 1.29 is 17.9 Å². The predicted octanol–water partition coefficient (Wildman–Crippen LogP) is 2.83. The van der Waals surface area contributed by atoms with E-state index in [4.69, 9.17) is 4.74 Å². The number of halogens is 3. The Balaban J connectivity index is 2.51. The number of benzene rings is 1. The van der Waals surface area contributed by atoms with E-state index in [0.717, 1.165) is 17.7 Å². The number of alkyl halides is 3. The number of nitrogens with one attached hydrogen (secondary N) is 1. The minimum absolute atomic E-state index is 0.169. The van der Waals surface area contributed by atoms with Gasteiger partial charge in [0, 0.05) is 19.7 Å². The predicted molar refractivity (Wildman–Crippen MR) is 59.6 cm³/mol. The van der Waals surface area contributed by atoms with Crippen molar-refractivity contribution in [2.24, 2.45) is 0 Å². The van der Waals surface area contributed by atoms with Gasteiger partial charge in [0.1, 0.15) is 0 Å². The zero-order valence-electron chi connectivity index (χ0n) is 9.84. The summed E-state index contributed by atoms with van der Waals surface area (Å²) < 4.78 is 41.9. The Morgan fingerprint density at radius 2 is 1.82 bits per heavy atom. The molecular formula is C12H16F3NO. The highest BCUT2D eigenvalue weighted by Crippen LogP contribution is 2.28. The zero-order chi connectivity index (χ0) is 12.9. The molecule has 0 aliphatic carbocycles. The molecule has 1 rings (SSSR count). The summed E-state index contributed by atoms with van der Waals surface area (Å²) in [4.78, 5) is 0. The molecule has 0 aromatic heterocycles. The molecule has 0 heterocycles. The Kier molecular flexibility index (Phi) is 4.96. The van der Waals surface area contributed by atoms with E-state index in [0.29, 0.717) is 13.2 Å². The second kappa shape index (κ2) is 6.02. The molecule has 0 radical (unpaired) electrons. The fourth-order valence-corrected chi connectivity index (χ4v) is 1.41. The minimum atomic E-state index is -4.27. The van der Waals surface area contributed by atoms with Crippen molar-refractivity contribution in [1.82, 2.24) is 5.32 Å². The first kappa shape index (κ1) is 14.0. The van der Waals surface area contributed by atoms with Crippen molar-refractivity contribution in [1.29, 1.82) is 0 Å². The van der Waals surface area contributed by atoms with Crippen molar-refractivity contribution in [3.63, 3.8) is 0 Å². The molecule has 1 aromatic rings. The van der Waals surface area contributed by atoms with Crippen LogP contribution in [-0.4, -0.2) is 19.8 Å². The fraction of sp³-hybridized carbons (Fsp3) is 0.500. The van der Waals surface area contributed by atoms with Gasteiger partial charge in [-0.15, -0.1) is 0 Å². The van der Waals surface area contributed by atoms with Crippen LogP contribution >= 0.6 is 0 Å². The van der Waals surface area contributed by atoms with E-state index in [-0.39, 0.29) is 6.04 Å². The van der Waals surface area contributed by atoms with Crippen molar-refractivity contribution in [2.75, 3.05) is 13.7 Å². The lowest BCUT2D eigenvalue weighted by Crippen LogP contribution is -2.29. The Bertz CT molecular complexity index is 335. The second-order valence-electron chi connectivity index (χ2n) is 3.93. The van der Waals surface area contributed by atoms with Gasteiger partial charge in [0.15, 0.2) is 0 Å². The van der Waals surface area contributed by atoms with E-state index in [2.05, 4.69) is 5.32 Å². The molecule has 2 nitrogen and oxygen atoms in total. The molecule has 0 fully saturated rings. The molecule has 17 heavy (non-hydrogen) atoms. The monoisotopic (exact) mass is 247 g/mol. The second-order valence-corrected chi connectivity index (χ2v) is 3.93. The molecule has 0 spiro atoms. The van der Waals surface area contributed by atoms with Crippen LogP contribution in [0, 0.1) is 0 Å². The normalized spacial score (nSPS) is 13.7. The summed E-state index contributed by atoms with van der Waals surface area (Å²) in [7, 11) is 1.61. The van der Waals surface area contributed by atoms with Crippen LogP contribution in [0.3, 0.4) is 0 Å². The lowest BCUT2D eigenvalue weighted by molar-refractivity contribution is -0.137. The van der Waals surface area contributed by atoms with Crippen LogP contribution in [0.2, 0.25) is 0 Å². The van der Waals surface area contributed by atoms with Gasteiger partial charge in [-0.3, -0.25) is 0 Å². The third kappa shape index (κ3) is 4.75. The molecule has 1 unspecified atom stereocenters. The topological polar surface area (TPSA) is 21.3 Å². The first-order chi connectivity index (χ1) is 7.93. The van der Waals surface area contributed by atoms with Crippen LogP contribution in [0.15, 0.2) is 24.3 Å². The van der Waals surface area contributed by atoms with Gasteiger partial charge >= 0.3 is 6.18 Å². The highest BCUT2D eigenvalue weighted by Gasteiger charge is 2.29. The summed E-state index contributed by atoms with van der Waals surface area (Å²) in [6, 6.07) is 5.32. The SMILES string of the molecule is COCC(C)NCc1ccc(C(F)(F)F)cc1. The first-order valence-electron chi connectivity index (χ1n) is 5.32. The third-order valence-corrected chi connectivity index (χ3v) is 2.35. The molecule has 0 saturated carbocycles. The van der Waals surface area contributed by atoms with Crippen molar-refractivity contribution in [3.05, 3.63) is 35.4 Å². The van der Waals surface area contributed by atoms with E-state index in [9.17, 15) is 13.2 Å². The molecule has 1 aromatic carbocycles. The molecule has 96 valence electrons. The van der Waals surface area contributed by atoms with Crippen LogP contribution in [0.5, 0.6) is 0 Å². The highest BCUT2D eigenvalue weighted by atomic mass is 19.4. The smallest absolute Gasteiger partial charge is 0.383 e. The largest absolute Gasteiger partial charge is 0.416 e. The van der Waals surface area contributed by atoms with Crippen molar-refractivity contribution >= 4 is 0 Å². The molecule has 0 amide bonds. The molecule has 1 atom stereocenters. The molecular weight excluding hydrogens is 231 g/mol. The van der Waals surface area contributed by atoms with Crippen LogP contribution in [0.4, 0.5) is 13.2 Å². The Hall–Kier alpha value is -1.07. The van der Waals surface area contributed by atoms with Crippen LogP contribution in [-0.2, 0) is 17.5 Å². The van der Waals surface area contributed by atoms with Gasteiger partial charge < -0.3 is 10.1 Å². The highest BCUT2D eigenvalue weighted by molar-refractivity contribution is 5.24. The number of hydrogen-bond acceptors (Lipinski definition) is 2. The summed E-state index contributed by atoms with van der Waals surface area (Å²) in [5, 5.41) is 3.15. The van der Waals surface area contributed by atoms with Gasteiger partial charge in [0.2, 0.25) is 0 Å². The fourth-order valence-electron chi connectivity index (χ4n) is 1.41. The van der Waals surface area contributed by atoms with E-state index < -0.39 is 11.7 Å². The van der Waals surface area contributed by atoms with Gasteiger partial charge in [-0.25, -0.2) is 0 Å². The number of ether oxygens (including phenoxy) is 1. The maximum Gasteiger partial charge on any atom is 0.416 e. The summed E-state index contributed by atoms with van der Waals surface area (Å²) in [6.45, 7) is 3.05. The summed E-state index contributed by atoms with van der Waals surface area (Å²) in [5.41, 5.74) is 0.201. The lowest BCUT2D eigenvalue weighted by Gasteiger charge is -2.13. The van der Waals surface area contributed by atoms with E-state index in [1.807, 2.05) is 6.92 Å². The molecule has 0 saturated heterocycles. The number of hydrogen-bond donors (Lipinski definition) is 1. The zero-order valence-corrected chi connectivity index (χ0v) is 9.84. The average Bonchev–Trinajstić information content (AvgIpc) is 2.26. The lowest BCUT2D eigenvalue weighted by atomic mass is 10.1. The average molecular weight is 247 g/mol. The molecule has 1 N–H and O–H groups in total. The van der Waals surface area contributed by atoms with Gasteiger partial charge in [0.05, 0.1) is 12.2 Å². The number of methoxy groups -OCH3 is 1. The molecule has 5 heteroatoms. The Morgan fingerprint density at radius 1 is 1.24 bits per heavy atom. The van der Waals surface area contributed by atoms with Gasteiger partial charge in [0.25, 0.3) is 0 Å². The quantitative estimate of drug-likeness (QED) is 0.863. The van der Waals surface area contributed by atoms with Crippen LogP contribution in [0.25, 0.3) is 0 Å². The van der Waals surface area contributed by atoms with Gasteiger partial charge in [-0.2, -0.15) is 13.2 Å². The first-order valence-corrected chi connectivity index (χ1v) is 5.32. The van der Waals surface area contributed by atoms with E-state index >= 15 is 0 Å². The summed E-state index contributed by atoms with van der Waals surface area (Å²) >= 11 is 0. The van der Waals surface area contributed by atoms with Crippen LogP contribution in [0.1, 0.15) is 18.1 Å². The maximum atomic E-state index is 12.3. The molecule has 0 bridgehead atoms. The van der Waals surface area contributed by atoms with E-state index in [1.54, 1.807) is 7.11 Å². The van der Waals surface area contributed by atoms with Crippen LogP contribution < -0.4 is 5.32 Å². The maximum absolute atomic E-state index is 12.3. The molecule has 0 aliphatic rings. The van der Waals surface area contributed by atoms with Gasteiger partial charge in [-0.1, -0.05) is 12.1 Å². The van der Waals surface area contributed by atoms with Crippen molar-refractivity contribution in [3.8, 4) is 0 Å². The third-order valence-electron chi connectivity index (χ3n) is 2.35. The van der Waals surface area contributed by atoms with E-state index in [1.165, 1.54) is 12.1 Å². The minimum Gasteiger partial charge on any atom is -0.383 e. The Labute approximate surface area is 98.8 Å². The Morgan fingerprint density at radius 3 is 2.29 bits per heavy atom. The summed E-state index contributed by atoms with van der Waals surface area (Å²) in [6.07, 6.45) is -4.27. The molecule has 0 aliphatic heterocycles. The van der Waals surface area contributed by atoms with Crippen molar-refractivity contribution in [2.45, 2.75) is 25.7 Å². The van der Waals surface area contributed by atoms with Gasteiger partial charge in [-0.05, 0) is 24.6 Å². The number of rotatable bonds is 5. The summed E-state index contributed by atoms with van der Waals surface area (Å²) in [5.74, 6) is 0. The standard InChI is InChI=1S/C12H16F3NO/c1-9(8-17-2)16-7-10-3-5-11(6-4-10)12(13,14)15/h3-6,9,16H,7-8H2,1-2H3.